The molecule has 0 fully saturated rings. The van der Waals surface area contributed by atoms with E-state index in [1.807, 2.05) is 30.3 Å². The van der Waals surface area contributed by atoms with E-state index in [4.69, 9.17) is 11.0 Å². The second-order valence-electron chi connectivity index (χ2n) is 4.49. The summed E-state index contributed by atoms with van der Waals surface area (Å²) < 4.78 is 25.7. The van der Waals surface area contributed by atoms with Gasteiger partial charge in [0.2, 0.25) is 10.0 Å². The van der Waals surface area contributed by atoms with Crippen LogP contribution in [0, 0.1) is 23.2 Å². The molecule has 1 aromatic carbocycles. The lowest BCUT2D eigenvalue weighted by atomic mass is 10.1. The molecule has 1 atom stereocenters. The molecule has 1 aromatic rings. The van der Waals surface area contributed by atoms with Gasteiger partial charge in [-0.2, -0.15) is 9.57 Å². The Balaban J connectivity index is 3.04. The van der Waals surface area contributed by atoms with Crippen molar-refractivity contribution in [3.8, 4) is 17.9 Å². The Morgan fingerprint density at radius 2 is 2.05 bits per heavy atom. The van der Waals surface area contributed by atoms with Gasteiger partial charge in [0.05, 0.1) is 12.6 Å². The largest absolute Gasteiger partial charge is 0.320 e. The Kier molecular flexibility index (Phi) is 6.39. The summed E-state index contributed by atoms with van der Waals surface area (Å²) in [4.78, 5) is 0. The van der Waals surface area contributed by atoms with E-state index >= 15 is 0 Å². The van der Waals surface area contributed by atoms with Crippen LogP contribution < -0.4 is 5.73 Å². The third-order valence-electron chi connectivity index (χ3n) is 3.04. The molecule has 0 aliphatic heterocycles. The highest BCUT2D eigenvalue weighted by atomic mass is 32.2. The molecule has 0 aliphatic rings. The van der Waals surface area contributed by atoms with Gasteiger partial charge in [0, 0.05) is 19.2 Å². The quantitative estimate of drug-likeness (QED) is 0.824. The standard InChI is InChI=1S/C15H19N3O2S/c1-3-15(11-17)21(19,20)18(2)12-14-8-5-4-7-13(14)9-6-10-16/h4-5,7-8,15H,3,10,12,16H2,1-2H3. The minimum absolute atomic E-state index is 0.177. The summed E-state index contributed by atoms with van der Waals surface area (Å²) in [5.74, 6) is 5.68. The van der Waals surface area contributed by atoms with Gasteiger partial charge in [0.25, 0.3) is 0 Å². The average molecular weight is 305 g/mol. The number of sulfonamides is 1. The first-order valence-electron chi connectivity index (χ1n) is 6.59. The minimum Gasteiger partial charge on any atom is -0.320 e. The number of hydrogen-bond donors (Lipinski definition) is 1. The lowest BCUT2D eigenvalue weighted by Crippen LogP contribution is -2.34. The topological polar surface area (TPSA) is 87.2 Å². The molecule has 0 aliphatic carbocycles. The summed E-state index contributed by atoms with van der Waals surface area (Å²) in [6.45, 7) is 2.10. The molecular weight excluding hydrogens is 286 g/mol. The molecule has 21 heavy (non-hydrogen) atoms. The Labute approximate surface area is 126 Å². The van der Waals surface area contributed by atoms with Gasteiger partial charge in [-0.1, -0.05) is 37.0 Å². The van der Waals surface area contributed by atoms with E-state index in [0.717, 1.165) is 11.1 Å². The van der Waals surface area contributed by atoms with E-state index in [9.17, 15) is 8.42 Å². The monoisotopic (exact) mass is 305 g/mol. The Hall–Kier alpha value is -1.86. The fraction of sp³-hybridized carbons (Fsp3) is 0.400. The molecule has 0 bridgehead atoms. The summed E-state index contributed by atoms with van der Waals surface area (Å²) in [6, 6.07) is 9.13. The molecule has 6 heteroatoms. The van der Waals surface area contributed by atoms with E-state index in [-0.39, 0.29) is 19.5 Å². The Morgan fingerprint density at radius 3 is 2.62 bits per heavy atom. The van der Waals surface area contributed by atoms with Gasteiger partial charge < -0.3 is 5.73 Å². The first kappa shape index (κ1) is 17.2. The number of nitriles is 1. The molecule has 1 unspecified atom stereocenters. The van der Waals surface area contributed by atoms with Crippen LogP contribution in [0.1, 0.15) is 24.5 Å². The maximum atomic E-state index is 12.3. The molecule has 2 N–H and O–H groups in total. The van der Waals surface area contributed by atoms with Crippen LogP contribution in [0.3, 0.4) is 0 Å². The third kappa shape index (κ3) is 4.30. The maximum Gasteiger partial charge on any atom is 0.230 e. The van der Waals surface area contributed by atoms with Crippen molar-refractivity contribution in [3.63, 3.8) is 0 Å². The first-order valence-corrected chi connectivity index (χ1v) is 8.09. The fourth-order valence-corrected chi connectivity index (χ4v) is 3.15. The summed E-state index contributed by atoms with van der Waals surface area (Å²) in [6.07, 6.45) is 0.262. The first-order chi connectivity index (χ1) is 9.97. The van der Waals surface area contributed by atoms with Crippen molar-refractivity contribution in [2.75, 3.05) is 13.6 Å². The zero-order valence-electron chi connectivity index (χ0n) is 12.2. The summed E-state index contributed by atoms with van der Waals surface area (Å²) >= 11 is 0. The maximum absolute atomic E-state index is 12.3. The van der Waals surface area contributed by atoms with Gasteiger partial charge in [0.1, 0.15) is 0 Å². The molecule has 5 nitrogen and oxygen atoms in total. The molecule has 0 heterocycles. The van der Waals surface area contributed by atoms with Crippen LogP contribution in [-0.4, -0.2) is 31.6 Å². The second kappa shape index (κ2) is 7.80. The highest BCUT2D eigenvalue weighted by molar-refractivity contribution is 7.89. The number of benzene rings is 1. The van der Waals surface area contributed by atoms with Gasteiger partial charge in [-0.15, -0.1) is 0 Å². The number of nitrogens with two attached hydrogens (primary N) is 1. The van der Waals surface area contributed by atoms with Crippen molar-refractivity contribution in [1.29, 1.82) is 5.26 Å². The van der Waals surface area contributed by atoms with Crippen LogP contribution in [0.2, 0.25) is 0 Å². The van der Waals surface area contributed by atoms with E-state index < -0.39 is 15.3 Å². The van der Waals surface area contributed by atoms with Gasteiger partial charge in [0.15, 0.2) is 5.25 Å². The van der Waals surface area contributed by atoms with Crippen molar-refractivity contribution in [1.82, 2.24) is 4.31 Å². The van der Waals surface area contributed by atoms with Crippen LogP contribution in [0.5, 0.6) is 0 Å². The van der Waals surface area contributed by atoms with Crippen LogP contribution in [0.4, 0.5) is 0 Å². The number of rotatable bonds is 5. The molecule has 0 radical (unpaired) electrons. The second-order valence-corrected chi connectivity index (χ2v) is 6.71. The average Bonchev–Trinajstić information content (AvgIpc) is 2.47. The van der Waals surface area contributed by atoms with E-state index in [0.29, 0.717) is 0 Å². The smallest absolute Gasteiger partial charge is 0.230 e. The predicted octanol–water partition coefficient (Wildman–Crippen LogP) is 1.06. The van der Waals surface area contributed by atoms with E-state index in [1.165, 1.54) is 11.4 Å². The van der Waals surface area contributed by atoms with Crippen LogP contribution in [0.15, 0.2) is 24.3 Å². The van der Waals surface area contributed by atoms with Crippen molar-refractivity contribution in [2.45, 2.75) is 25.1 Å². The van der Waals surface area contributed by atoms with Crippen LogP contribution in [-0.2, 0) is 16.6 Å². The highest BCUT2D eigenvalue weighted by Crippen LogP contribution is 2.16. The minimum atomic E-state index is -3.64. The number of hydrogen-bond acceptors (Lipinski definition) is 4. The predicted molar refractivity (Wildman–Crippen MR) is 82.5 cm³/mol. The molecule has 0 amide bonds. The fourth-order valence-electron chi connectivity index (χ4n) is 1.84. The normalized spacial score (nSPS) is 12.3. The molecule has 1 rings (SSSR count). The molecule has 0 saturated heterocycles. The third-order valence-corrected chi connectivity index (χ3v) is 5.20. The van der Waals surface area contributed by atoms with Crippen molar-refractivity contribution < 1.29 is 8.42 Å². The molecule has 0 spiro atoms. The van der Waals surface area contributed by atoms with E-state index in [2.05, 4.69) is 11.8 Å². The van der Waals surface area contributed by atoms with Crippen molar-refractivity contribution >= 4 is 10.0 Å². The van der Waals surface area contributed by atoms with Crippen LogP contribution >= 0.6 is 0 Å². The Morgan fingerprint density at radius 1 is 1.38 bits per heavy atom. The van der Waals surface area contributed by atoms with Crippen LogP contribution in [0.25, 0.3) is 0 Å². The highest BCUT2D eigenvalue weighted by Gasteiger charge is 2.28. The zero-order valence-corrected chi connectivity index (χ0v) is 13.0. The summed E-state index contributed by atoms with van der Waals surface area (Å²) in [5.41, 5.74) is 6.89. The molecular formula is C15H19N3O2S. The Bertz CT molecular complexity index is 681. The number of nitrogens with zero attached hydrogens (tertiary/aromatic N) is 2. The van der Waals surface area contributed by atoms with Gasteiger partial charge >= 0.3 is 0 Å². The lowest BCUT2D eigenvalue weighted by molar-refractivity contribution is 0.460. The summed E-state index contributed by atoms with van der Waals surface area (Å²) in [5, 5.41) is 7.93. The zero-order chi connectivity index (χ0) is 15.9. The lowest BCUT2D eigenvalue weighted by Gasteiger charge is -2.20. The van der Waals surface area contributed by atoms with Crippen molar-refractivity contribution in [3.05, 3.63) is 35.4 Å². The van der Waals surface area contributed by atoms with Gasteiger partial charge in [-0.05, 0) is 18.1 Å². The molecule has 0 saturated carbocycles. The SMILES string of the molecule is CCC(C#N)S(=O)(=O)N(C)Cc1ccccc1C#CCN. The van der Waals surface area contributed by atoms with Crippen molar-refractivity contribution in [2.24, 2.45) is 5.73 Å². The van der Waals surface area contributed by atoms with E-state index in [1.54, 1.807) is 6.92 Å². The molecule has 112 valence electrons. The molecule has 0 aromatic heterocycles. The summed E-state index contributed by atoms with van der Waals surface area (Å²) in [7, 11) is -2.16. The van der Waals surface area contributed by atoms with Gasteiger partial charge in [-0.3, -0.25) is 0 Å². The van der Waals surface area contributed by atoms with Gasteiger partial charge in [-0.25, -0.2) is 8.42 Å².